The van der Waals surface area contributed by atoms with Crippen LogP contribution in [0, 0.1) is 0 Å². The number of carbonyl (C=O) groups is 1. The Labute approximate surface area is 88.9 Å². The molecule has 0 aromatic rings. The Kier molecular flexibility index (Phi) is 2.19. The van der Waals surface area contributed by atoms with E-state index in [1.165, 1.54) is 0 Å². The Morgan fingerprint density at radius 2 is 2.20 bits per heavy atom. The molecule has 0 bridgehead atoms. The van der Waals surface area contributed by atoms with Crippen LogP contribution in [-0.4, -0.2) is 5.97 Å². The Bertz CT molecular complexity index is 471. The minimum atomic E-state index is -0.369. The molecule has 0 N–H and O–H groups in total. The zero-order valence-corrected chi connectivity index (χ0v) is 8.83. The number of hydrogen-bond donors (Lipinski definition) is 0. The molecule has 2 rings (SSSR count). The summed E-state index contributed by atoms with van der Waals surface area (Å²) in [5.41, 5.74) is 3.49. The molecule has 2 aliphatic carbocycles. The fourth-order valence-corrected chi connectivity index (χ4v) is 1.59. The van der Waals surface area contributed by atoms with Gasteiger partial charge in [0.25, 0.3) is 0 Å². The van der Waals surface area contributed by atoms with Crippen LogP contribution in [0.1, 0.15) is 13.8 Å². The van der Waals surface area contributed by atoms with E-state index in [0.717, 1.165) is 16.7 Å². The lowest BCUT2D eigenvalue weighted by Crippen LogP contribution is -2.06. The maximum atomic E-state index is 11.4. The monoisotopic (exact) mass is 200 g/mol. The quantitative estimate of drug-likeness (QED) is 0.506. The third kappa shape index (κ3) is 1.59. The summed E-state index contributed by atoms with van der Waals surface area (Å²) in [5, 5.41) is 0. The molecule has 76 valence electrons. The van der Waals surface area contributed by atoms with Crippen LogP contribution in [0.3, 0.4) is 0 Å². The standard InChI is InChI=1S/C13H12O2/c1-8(2)13(14)15-12-9(3)7-10-5-4-6-11(10)12/h4-7H,1H2,2-3H3. The highest BCUT2D eigenvalue weighted by molar-refractivity contribution is 5.88. The van der Waals surface area contributed by atoms with E-state index in [1.807, 2.05) is 31.2 Å². The minimum Gasteiger partial charge on any atom is -0.422 e. The van der Waals surface area contributed by atoms with Crippen molar-refractivity contribution in [3.8, 4) is 0 Å². The van der Waals surface area contributed by atoms with Crippen molar-refractivity contribution < 1.29 is 9.53 Å². The van der Waals surface area contributed by atoms with Gasteiger partial charge in [-0.25, -0.2) is 4.79 Å². The largest absolute Gasteiger partial charge is 0.422 e. The summed E-state index contributed by atoms with van der Waals surface area (Å²) >= 11 is 0. The van der Waals surface area contributed by atoms with E-state index in [4.69, 9.17) is 4.74 Å². The SMILES string of the molecule is C=C(C)C(=O)OC1=C(C)C=C2C=CC=C21. The molecular weight excluding hydrogens is 188 g/mol. The molecule has 0 radical (unpaired) electrons. The maximum absolute atomic E-state index is 11.4. The van der Waals surface area contributed by atoms with Gasteiger partial charge in [-0.05, 0) is 31.1 Å². The van der Waals surface area contributed by atoms with E-state index < -0.39 is 0 Å². The molecule has 0 aromatic carbocycles. The molecule has 0 heterocycles. The first-order valence-electron chi connectivity index (χ1n) is 4.79. The third-order valence-electron chi connectivity index (χ3n) is 2.37. The van der Waals surface area contributed by atoms with Gasteiger partial charge >= 0.3 is 5.97 Å². The second-order valence-electron chi connectivity index (χ2n) is 3.72. The van der Waals surface area contributed by atoms with E-state index in [2.05, 4.69) is 6.58 Å². The highest BCUT2D eigenvalue weighted by atomic mass is 16.5. The van der Waals surface area contributed by atoms with E-state index >= 15 is 0 Å². The molecule has 0 spiro atoms. The van der Waals surface area contributed by atoms with Crippen LogP contribution >= 0.6 is 0 Å². The summed E-state index contributed by atoms with van der Waals surface area (Å²) < 4.78 is 5.28. The second-order valence-corrected chi connectivity index (χ2v) is 3.72. The fraction of sp³-hybridized carbons (Fsp3) is 0.154. The van der Waals surface area contributed by atoms with Gasteiger partial charge in [-0.3, -0.25) is 0 Å². The van der Waals surface area contributed by atoms with E-state index in [0.29, 0.717) is 11.3 Å². The molecule has 0 fully saturated rings. The van der Waals surface area contributed by atoms with Crippen LogP contribution in [0.4, 0.5) is 0 Å². The topological polar surface area (TPSA) is 26.3 Å². The van der Waals surface area contributed by atoms with Crippen LogP contribution in [0.5, 0.6) is 0 Å². The maximum Gasteiger partial charge on any atom is 0.338 e. The molecule has 0 atom stereocenters. The van der Waals surface area contributed by atoms with E-state index in [-0.39, 0.29) is 5.97 Å². The number of carbonyl (C=O) groups excluding carboxylic acids is 1. The zero-order valence-electron chi connectivity index (χ0n) is 8.83. The van der Waals surface area contributed by atoms with Crippen molar-refractivity contribution in [3.05, 3.63) is 58.9 Å². The van der Waals surface area contributed by atoms with Gasteiger partial charge in [0.1, 0.15) is 5.76 Å². The van der Waals surface area contributed by atoms with Crippen LogP contribution in [-0.2, 0) is 9.53 Å². The number of fused-ring (bicyclic) bond motifs is 1. The van der Waals surface area contributed by atoms with Gasteiger partial charge < -0.3 is 4.74 Å². The highest BCUT2D eigenvalue weighted by Crippen LogP contribution is 2.35. The molecular formula is C13H12O2. The molecule has 2 heteroatoms. The third-order valence-corrected chi connectivity index (χ3v) is 2.37. The van der Waals surface area contributed by atoms with Crippen LogP contribution in [0.15, 0.2) is 58.9 Å². The summed E-state index contributed by atoms with van der Waals surface area (Å²) in [4.78, 5) is 11.4. The molecule has 0 amide bonds. The lowest BCUT2D eigenvalue weighted by atomic mass is 10.2. The van der Waals surface area contributed by atoms with Gasteiger partial charge in [0, 0.05) is 11.1 Å². The van der Waals surface area contributed by atoms with E-state index in [9.17, 15) is 4.79 Å². The molecule has 0 saturated carbocycles. The normalized spacial score (nSPS) is 17.5. The predicted molar refractivity (Wildman–Crippen MR) is 58.9 cm³/mol. The van der Waals surface area contributed by atoms with Crippen LogP contribution in [0.25, 0.3) is 0 Å². The number of allylic oxidation sites excluding steroid dienone is 6. The summed E-state index contributed by atoms with van der Waals surface area (Å²) in [6.07, 6.45) is 7.91. The first kappa shape index (κ1) is 9.71. The van der Waals surface area contributed by atoms with E-state index in [1.54, 1.807) is 6.92 Å². The first-order valence-corrected chi connectivity index (χ1v) is 4.79. The molecule has 0 aliphatic heterocycles. The average Bonchev–Trinajstić information content (AvgIpc) is 2.69. The predicted octanol–water partition coefficient (Wildman–Crippen LogP) is 2.82. The van der Waals surface area contributed by atoms with Crippen LogP contribution < -0.4 is 0 Å². The fourth-order valence-electron chi connectivity index (χ4n) is 1.59. The Balaban J connectivity index is 2.22. The van der Waals surface area contributed by atoms with Gasteiger partial charge in [0.2, 0.25) is 0 Å². The van der Waals surface area contributed by atoms with Gasteiger partial charge in [-0.15, -0.1) is 0 Å². The van der Waals surface area contributed by atoms with Crippen molar-refractivity contribution >= 4 is 5.97 Å². The molecule has 2 aliphatic rings. The van der Waals surface area contributed by atoms with Crippen molar-refractivity contribution in [3.63, 3.8) is 0 Å². The van der Waals surface area contributed by atoms with Gasteiger partial charge in [0.15, 0.2) is 0 Å². The number of esters is 1. The van der Waals surface area contributed by atoms with Crippen molar-refractivity contribution in [2.75, 3.05) is 0 Å². The Hall–Kier alpha value is -1.83. The summed E-state index contributed by atoms with van der Waals surface area (Å²) in [7, 11) is 0. The number of hydrogen-bond acceptors (Lipinski definition) is 2. The molecule has 2 nitrogen and oxygen atoms in total. The smallest absolute Gasteiger partial charge is 0.338 e. The molecule has 0 unspecified atom stereocenters. The number of rotatable bonds is 2. The second kappa shape index (κ2) is 3.39. The highest BCUT2D eigenvalue weighted by Gasteiger charge is 2.23. The summed E-state index contributed by atoms with van der Waals surface area (Å²) in [5.74, 6) is 0.287. The van der Waals surface area contributed by atoms with Crippen molar-refractivity contribution in [2.24, 2.45) is 0 Å². The summed E-state index contributed by atoms with van der Waals surface area (Å²) in [6.45, 7) is 7.13. The van der Waals surface area contributed by atoms with Gasteiger partial charge in [0.05, 0.1) is 0 Å². The number of ether oxygens (including phenoxy) is 1. The molecule has 0 saturated heterocycles. The van der Waals surface area contributed by atoms with Crippen molar-refractivity contribution in [1.82, 2.24) is 0 Å². The lowest BCUT2D eigenvalue weighted by molar-refractivity contribution is -0.134. The van der Waals surface area contributed by atoms with Gasteiger partial charge in [-0.2, -0.15) is 0 Å². The summed E-state index contributed by atoms with van der Waals surface area (Å²) in [6, 6.07) is 0. The van der Waals surface area contributed by atoms with Crippen LogP contribution in [0.2, 0.25) is 0 Å². The first-order chi connectivity index (χ1) is 7.09. The van der Waals surface area contributed by atoms with Gasteiger partial charge in [-0.1, -0.05) is 24.8 Å². The Morgan fingerprint density at radius 3 is 2.87 bits per heavy atom. The Morgan fingerprint density at radius 1 is 1.47 bits per heavy atom. The van der Waals surface area contributed by atoms with Crippen molar-refractivity contribution in [1.29, 1.82) is 0 Å². The molecule has 0 aromatic heterocycles. The molecule has 15 heavy (non-hydrogen) atoms. The minimum absolute atomic E-state index is 0.369. The van der Waals surface area contributed by atoms with Crippen molar-refractivity contribution in [2.45, 2.75) is 13.8 Å². The average molecular weight is 200 g/mol. The lowest BCUT2D eigenvalue weighted by Gasteiger charge is -2.07. The zero-order chi connectivity index (χ0) is 11.0.